The normalized spacial score (nSPS) is 12.2. The van der Waals surface area contributed by atoms with E-state index < -0.39 is 11.8 Å². The molecule has 1 aliphatic heterocycles. The maximum atomic E-state index is 13.1. The van der Waals surface area contributed by atoms with E-state index in [1.807, 2.05) is 62.4 Å². The van der Waals surface area contributed by atoms with E-state index >= 15 is 0 Å². The van der Waals surface area contributed by atoms with Crippen LogP contribution >= 0.6 is 0 Å². The van der Waals surface area contributed by atoms with E-state index in [0.29, 0.717) is 28.6 Å². The highest BCUT2D eigenvalue weighted by atomic mass is 16.5. The number of hydrogen-bond donors (Lipinski definition) is 2. The van der Waals surface area contributed by atoms with E-state index in [2.05, 4.69) is 10.9 Å². The highest BCUT2D eigenvalue weighted by molar-refractivity contribution is 5.97. The molecule has 3 aromatic rings. The van der Waals surface area contributed by atoms with Crippen molar-refractivity contribution in [1.29, 1.82) is 0 Å². The summed E-state index contributed by atoms with van der Waals surface area (Å²) >= 11 is 0. The van der Waals surface area contributed by atoms with Crippen LogP contribution < -0.4 is 25.1 Å². The van der Waals surface area contributed by atoms with Gasteiger partial charge < -0.3 is 14.2 Å². The molecule has 0 unspecified atom stereocenters. The van der Waals surface area contributed by atoms with Crippen LogP contribution in [0.4, 0.5) is 0 Å². The Morgan fingerprint density at radius 2 is 1.50 bits per heavy atom. The molecule has 0 saturated carbocycles. The lowest BCUT2D eigenvalue weighted by molar-refractivity contribution is -0.122. The molecule has 2 N–H and O–H groups in total. The first-order valence-electron chi connectivity index (χ1n) is 10.3. The predicted octanol–water partition coefficient (Wildman–Crippen LogP) is 4.18. The molecule has 0 radical (unpaired) electrons. The van der Waals surface area contributed by atoms with Crippen molar-refractivity contribution in [3.05, 3.63) is 83.4 Å². The summed E-state index contributed by atoms with van der Waals surface area (Å²) < 4.78 is 16.9. The lowest BCUT2D eigenvalue weighted by atomic mass is 9.87. The predicted molar refractivity (Wildman–Crippen MR) is 119 cm³/mol. The standard InChI is InChI=1S/C25H24N2O5/c1-15(2)31-21-13-12-16(14-22(21)30-3)24(28)26-27-25(29)23-17-8-4-6-10-19(17)32-20-11-7-5-9-18(20)23/h4-15,23H,1-3H3,(H,26,28)(H,27,29). The zero-order valence-corrected chi connectivity index (χ0v) is 18.0. The van der Waals surface area contributed by atoms with Gasteiger partial charge in [0, 0.05) is 16.7 Å². The molecule has 7 nitrogen and oxygen atoms in total. The van der Waals surface area contributed by atoms with Crippen molar-refractivity contribution in [1.82, 2.24) is 10.9 Å². The van der Waals surface area contributed by atoms with Crippen molar-refractivity contribution < 1.29 is 23.8 Å². The maximum absolute atomic E-state index is 13.1. The Morgan fingerprint density at radius 3 is 2.09 bits per heavy atom. The summed E-state index contributed by atoms with van der Waals surface area (Å²) in [5, 5.41) is 0. The van der Waals surface area contributed by atoms with E-state index in [9.17, 15) is 9.59 Å². The Kier molecular flexibility index (Phi) is 5.98. The molecule has 0 aromatic heterocycles. The van der Waals surface area contributed by atoms with Crippen molar-refractivity contribution in [3.63, 3.8) is 0 Å². The number of hydrogen-bond acceptors (Lipinski definition) is 5. The van der Waals surface area contributed by atoms with Crippen molar-refractivity contribution in [3.8, 4) is 23.0 Å². The number of methoxy groups -OCH3 is 1. The van der Waals surface area contributed by atoms with Gasteiger partial charge in [-0.1, -0.05) is 36.4 Å². The lowest BCUT2D eigenvalue weighted by Crippen LogP contribution is -2.44. The van der Waals surface area contributed by atoms with Crippen LogP contribution in [0.2, 0.25) is 0 Å². The van der Waals surface area contributed by atoms with Gasteiger partial charge >= 0.3 is 0 Å². The number of ether oxygens (including phenoxy) is 3. The van der Waals surface area contributed by atoms with Gasteiger partial charge in [0.1, 0.15) is 11.5 Å². The molecule has 0 spiro atoms. The van der Waals surface area contributed by atoms with E-state index in [1.54, 1.807) is 18.2 Å². The average Bonchev–Trinajstić information content (AvgIpc) is 2.80. The van der Waals surface area contributed by atoms with Gasteiger partial charge in [-0.25, -0.2) is 0 Å². The van der Waals surface area contributed by atoms with E-state index in [4.69, 9.17) is 14.2 Å². The zero-order valence-electron chi connectivity index (χ0n) is 18.0. The molecule has 2 amide bonds. The number of fused-ring (bicyclic) bond motifs is 2. The Bertz CT molecular complexity index is 1110. The number of carbonyl (C=O) groups excluding carboxylic acids is 2. The van der Waals surface area contributed by atoms with Gasteiger partial charge in [0.05, 0.1) is 19.1 Å². The van der Waals surface area contributed by atoms with Crippen molar-refractivity contribution in [2.24, 2.45) is 0 Å². The fourth-order valence-corrected chi connectivity index (χ4v) is 3.62. The lowest BCUT2D eigenvalue weighted by Gasteiger charge is -2.27. The van der Waals surface area contributed by atoms with Crippen LogP contribution in [0.1, 0.15) is 41.3 Å². The topological polar surface area (TPSA) is 85.9 Å². The molecule has 7 heteroatoms. The monoisotopic (exact) mass is 432 g/mol. The minimum absolute atomic E-state index is 0.0342. The average molecular weight is 432 g/mol. The molecule has 164 valence electrons. The van der Waals surface area contributed by atoms with Crippen LogP contribution in [0, 0.1) is 0 Å². The smallest absolute Gasteiger partial charge is 0.269 e. The molecular weight excluding hydrogens is 408 g/mol. The van der Waals surface area contributed by atoms with Crippen LogP contribution in [0.25, 0.3) is 0 Å². The number of para-hydroxylation sites is 2. The second-order valence-corrected chi connectivity index (χ2v) is 7.59. The largest absolute Gasteiger partial charge is 0.493 e. The Hall–Kier alpha value is -4.00. The van der Waals surface area contributed by atoms with Crippen LogP contribution in [0.3, 0.4) is 0 Å². The number of nitrogens with one attached hydrogen (secondary N) is 2. The minimum atomic E-state index is -0.618. The van der Waals surface area contributed by atoms with Crippen LogP contribution in [-0.4, -0.2) is 25.0 Å². The summed E-state index contributed by atoms with van der Waals surface area (Å²) in [4.78, 5) is 25.8. The third-order valence-corrected chi connectivity index (χ3v) is 5.03. The third-order valence-electron chi connectivity index (χ3n) is 5.03. The molecule has 1 aliphatic rings. The number of rotatable bonds is 5. The molecule has 0 fully saturated rings. The molecule has 0 saturated heterocycles. The van der Waals surface area contributed by atoms with Crippen LogP contribution in [0.15, 0.2) is 66.7 Å². The summed E-state index contributed by atoms with van der Waals surface area (Å²) in [5.74, 6) is 0.747. The summed E-state index contributed by atoms with van der Waals surface area (Å²) in [6.45, 7) is 3.81. The summed E-state index contributed by atoms with van der Waals surface area (Å²) in [6.07, 6.45) is -0.0342. The number of hydrazine groups is 1. The fourth-order valence-electron chi connectivity index (χ4n) is 3.62. The van der Waals surface area contributed by atoms with Gasteiger partial charge in [-0.05, 0) is 44.2 Å². The first kappa shape index (κ1) is 21.2. The van der Waals surface area contributed by atoms with E-state index in [0.717, 1.165) is 11.1 Å². The number of benzene rings is 3. The second-order valence-electron chi connectivity index (χ2n) is 7.59. The molecule has 4 rings (SSSR count). The Balaban J connectivity index is 1.52. The zero-order chi connectivity index (χ0) is 22.7. The molecule has 1 heterocycles. The van der Waals surface area contributed by atoms with Gasteiger partial charge in [-0.15, -0.1) is 0 Å². The first-order valence-corrected chi connectivity index (χ1v) is 10.3. The molecule has 0 bridgehead atoms. The van der Waals surface area contributed by atoms with Crippen molar-refractivity contribution in [2.75, 3.05) is 7.11 Å². The minimum Gasteiger partial charge on any atom is -0.493 e. The van der Waals surface area contributed by atoms with E-state index in [-0.39, 0.29) is 12.0 Å². The van der Waals surface area contributed by atoms with E-state index in [1.165, 1.54) is 7.11 Å². The summed E-state index contributed by atoms with van der Waals surface area (Å²) in [5.41, 5.74) is 6.83. The highest BCUT2D eigenvalue weighted by Gasteiger charge is 2.32. The summed E-state index contributed by atoms with van der Waals surface area (Å²) in [6, 6.07) is 19.6. The van der Waals surface area contributed by atoms with Crippen LogP contribution in [0.5, 0.6) is 23.0 Å². The summed E-state index contributed by atoms with van der Waals surface area (Å²) in [7, 11) is 1.51. The second kappa shape index (κ2) is 9.01. The molecule has 0 atom stereocenters. The Labute approximate surface area is 186 Å². The Morgan fingerprint density at radius 1 is 0.875 bits per heavy atom. The number of carbonyl (C=O) groups is 2. The van der Waals surface area contributed by atoms with Gasteiger partial charge in [-0.3, -0.25) is 20.4 Å². The quantitative estimate of drug-likeness (QED) is 0.591. The highest BCUT2D eigenvalue weighted by Crippen LogP contribution is 2.43. The number of amides is 2. The molecule has 3 aromatic carbocycles. The first-order chi connectivity index (χ1) is 15.5. The SMILES string of the molecule is COc1cc(C(=O)NNC(=O)C2c3ccccc3Oc3ccccc32)ccc1OC(C)C. The third kappa shape index (κ3) is 4.23. The van der Waals surface area contributed by atoms with Gasteiger partial charge in [0.25, 0.3) is 11.8 Å². The molecule has 0 aliphatic carbocycles. The van der Waals surface area contributed by atoms with Gasteiger partial charge in [0.15, 0.2) is 11.5 Å². The molecular formula is C25H24N2O5. The van der Waals surface area contributed by atoms with Crippen molar-refractivity contribution in [2.45, 2.75) is 25.9 Å². The van der Waals surface area contributed by atoms with Gasteiger partial charge in [-0.2, -0.15) is 0 Å². The van der Waals surface area contributed by atoms with Gasteiger partial charge in [0.2, 0.25) is 0 Å². The molecule has 32 heavy (non-hydrogen) atoms. The van der Waals surface area contributed by atoms with Crippen LogP contribution in [-0.2, 0) is 4.79 Å². The fraction of sp³-hybridized carbons (Fsp3) is 0.200. The maximum Gasteiger partial charge on any atom is 0.269 e. The van der Waals surface area contributed by atoms with Crippen molar-refractivity contribution >= 4 is 11.8 Å².